The van der Waals surface area contributed by atoms with Crippen molar-refractivity contribution in [3.8, 4) is 11.1 Å². The van der Waals surface area contributed by atoms with Crippen molar-refractivity contribution in [3.05, 3.63) is 54.6 Å². The minimum atomic E-state index is -3.86. The monoisotopic (exact) mass is 418 g/mol. The third kappa shape index (κ3) is 6.69. The molecule has 0 aliphatic rings. The van der Waals surface area contributed by atoms with E-state index in [1.165, 1.54) is 19.2 Å². The van der Waals surface area contributed by atoms with Gasteiger partial charge in [0.25, 0.3) is 0 Å². The van der Waals surface area contributed by atoms with Gasteiger partial charge in [-0.1, -0.05) is 62.2 Å². The van der Waals surface area contributed by atoms with Crippen LogP contribution in [0.5, 0.6) is 0 Å². The molecule has 0 spiro atoms. The molecule has 2 aromatic carbocycles. The summed E-state index contributed by atoms with van der Waals surface area (Å²) in [6.45, 7) is 1.50. The number of methoxy groups -OCH3 is 1. The Hall–Kier alpha value is -2.71. The Morgan fingerprint density at radius 1 is 1.00 bits per heavy atom. The van der Waals surface area contributed by atoms with Crippen molar-refractivity contribution >= 4 is 21.9 Å². The molecule has 2 N–H and O–H groups in total. The number of rotatable bonds is 10. The Kier molecular flexibility index (Phi) is 8.35. The number of carbonyl (C=O) groups excluding carboxylic acids is 2. The first-order valence-corrected chi connectivity index (χ1v) is 10.9. The molecule has 0 fully saturated rings. The first-order valence-electron chi connectivity index (χ1n) is 9.39. The summed E-state index contributed by atoms with van der Waals surface area (Å²) < 4.78 is 31.8. The summed E-state index contributed by atoms with van der Waals surface area (Å²) in [5.41, 5.74) is 1.86. The average Bonchev–Trinajstić information content (AvgIpc) is 2.75. The topological polar surface area (TPSA) is 102 Å². The maximum Gasteiger partial charge on any atom is 0.328 e. The fourth-order valence-corrected chi connectivity index (χ4v) is 3.73. The second-order valence-electron chi connectivity index (χ2n) is 6.50. The number of sulfonamides is 1. The molecule has 0 heterocycles. The standard InChI is InChI=1S/C21H26N2O5S/c1-3-4-10-19(21(25)28-2)23-20(24)15-22-29(26,27)18-13-11-17(12-14-18)16-8-6-5-7-9-16/h5-9,11-14,19,22H,3-4,10,15H2,1-2H3,(H,23,24). The van der Waals surface area contributed by atoms with E-state index in [0.717, 1.165) is 24.0 Å². The van der Waals surface area contributed by atoms with Crippen molar-refractivity contribution in [2.45, 2.75) is 37.1 Å². The van der Waals surface area contributed by atoms with E-state index in [1.807, 2.05) is 37.3 Å². The maximum absolute atomic E-state index is 12.4. The lowest BCUT2D eigenvalue weighted by Gasteiger charge is -2.16. The highest BCUT2D eigenvalue weighted by Crippen LogP contribution is 2.20. The molecule has 8 heteroatoms. The van der Waals surface area contributed by atoms with Crippen molar-refractivity contribution in [3.63, 3.8) is 0 Å². The molecule has 0 saturated heterocycles. The molecule has 2 rings (SSSR count). The summed E-state index contributed by atoms with van der Waals surface area (Å²) in [7, 11) is -2.61. The van der Waals surface area contributed by atoms with Crippen LogP contribution >= 0.6 is 0 Å². The molecule has 1 unspecified atom stereocenters. The van der Waals surface area contributed by atoms with E-state index in [1.54, 1.807) is 12.1 Å². The molecule has 156 valence electrons. The Balaban J connectivity index is 1.98. The van der Waals surface area contributed by atoms with Crippen LogP contribution in [0.3, 0.4) is 0 Å². The minimum Gasteiger partial charge on any atom is -0.467 e. The smallest absolute Gasteiger partial charge is 0.328 e. The van der Waals surface area contributed by atoms with Gasteiger partial charge in [-0.15, -0.1) is 0 Å². The van der Waals surface area contributed by atoms with Gasteiger partial charge in [0.2, 0.25) is 15.9 Å². The van der Waals surface area contributed by atoms with E-state index < -0.39 is 34.5 Å². The predicted octanol–water partition coefficient (Wildman–Crippen LogP) is 2.48. The molecule has 1 atom stereocenters. The van der Waals surface area contributed by atoms with E-state index in [2.05, 4.69) is 14.8 Å². The lowest BCUT2D eigenvalue weighted by atomic mass is 10.1. The number of hydrogen-bond acceptors (Lipinski definition) is 5. The van der Waals surface area contributed by atoms with Crippen molar-refractivity contribution < 1.29 is 22.7 Å². The van der Waals surface area contributed by atoms with Crippen LogP contribution in [0.2, 0.25) is 0 Å². The molecule has 1 amide bonds. The molecular weight excluding hydrogens is 392 g/mol. The number of benzene rings is 2. The Morgan fingerprint density at radius 2 is 1.62 bits per heavy atom. The summed E-state index contributed by atoms with van der Waals surface area (Å²) in [4.78, 5) is 23.9. The van der Waals surface area contributed by atoms with Crippen molar-refractivity contribution in [2.24, 2.45) is 0 Å². The van der Waals surface area contributed by atoms with Crippen LogP contribution in [-0.2, 0) is 24.3 Å². The Bertz CT molecular complexity index is 912. The van der Waals surface area contributed by atoms with Crippen LogP contribution in [0.15, 0.2) is 59.5 Å². The summed E-state index contributed by atoms with van der Waals surface area (Å²) >= 11 is 0. The number of ether oxygens (including phenoxy) is 1. The Morgan fingerprint density at radius 3 is 2.21 bits per heavy atom. The minimum absolute atomic E-state index is 0.0560. The van der Waals surface area contributed by atoms with Crippen LogP contribution in [0, 0.1) is 0 Å². The lowest BCUT2D eigenvalue weighted by Crippen LogP contribution is -2.45. The van der Waals surface area contributed by atoms with Crippen molar-refractivity contribution in [1.29, 1.82) is 0 Å². The molecule has 0 aromatic heterocycles. The molecule has 0 aliphatic heterocycles. The van der Waals surface area contributed by atoms with E-state index in [4.69, 9.17) is 0 Å². The van der Waals surface area contributed by atoms with Crippen molar-refractivity contribution in [2.75, 3.05) is 13.7 Å². The second kappa shape index (κ2) is 10.7. The molecule has 0 radical (unpaired) electrons. The first kappa shape index (κ1) is 22.6. The zero-order valence-corrected chi connectivity index (χ0v) is 17.4. The van der Waals surface area contributed by atoms with Gasteiger partial charge < -0.3 is 10.1 Å². The maximum atomic E-state index is 12.4. The van der Waals surface area contributed by atoms with Crippen LogP contribution in [0.25, 0.3) is 11.1 Å². The quantitative estimate of drug-likeness (QED) is 0.577. The molecule has 29 heavy (non-hydrogen) atoms. The van der Waals surface area contributed by atoms with Crippen LogP contribution in [-0.4, -0.2) is 40.0 Å². The molecule has 7 nitrogen and oxygen atoms in total. The molecule has 0 saturated carbocycles. The van der Waals surface area contributed by atoms with Gasteiger partial charge >= 0.3 is 5.97 Å². The van der Waals surface area contributed by atoms with Crippen LogP contribution in [0.4, 0.5) is 0 Å². The summed E-state index contributed by atoms with van der Waals surface area (Å²) in [6.07, 6.45) is 2.02. The van der Waals surface area contributed by atoms with Crippen LogP contribution in [0.1, 0.15) is 26.2 Å². The number of amides is 1. The van der Waals surface area contributed by atoms with Gasteiger partial charge in [0.15, 0.2) is 0 Å². The average molecular weight is 419 g/mol. The lowest BCUT2D eigenvalue weighted by molar-refractivity contribution is -0.145. The fraction of sp³-hybridized carbons (Fsp3) is 0.333. The van der Waals surface area contributed by atoms with E-state index in [0.29, 0.717) is 6.42 Å². The summed E-state index contributed by atoms with van der Waals surface area (Å²) in [6, 6.07) is 15.2. The third-order valence-electron chi connectivity index (χ3n) is 4.36. The third-order valence-corrected chi connectivity index (χ3v) is 5.78. The zero-order chi connectivity index (χ0) is 21.3. The van der Waals surface area contributed by atoms with Gasteiger partial charge in [0.1, 0.15) is 6.04 Å². The molecular formula is C21H26N2O5S. The van der Waals surface area contributed by atoms with Gasteiger partial charge in [0, 0.05) is 0 Å². The highest BCUT2D eigenvalue weighted by atomic mass is 32.2. The number of carbonyl (C=O) groups is 2. The number of hydrogen-bond donors (Lipinski definition) is 2. The highest BCUT2D eigenvalue weighted by molar-refractivity contribution is 7.89. The van der Waals surface area contributed by atoms with Gasteiger partial charge in [-0.3, -0.25) is 4.79 Å². The number of nitrogens with one attached hydrogen (secondary N) is 2. The van der Waals surface area contributed by atoms with E-state index in [9.17, 15) is 18.0 Å². The molecule has 0 aliphatic carbocycles. The Labute approximate surface area is 171 Å². The van der Waals surface area contributed by atoms with Gasteiger partial charge in [-0.25, -0.2) is 17.9 Å². The SMILES string of the molecule is CCCCC(NC(=O)CNS(=O)(=O)c1ccc(-c2ccccc2)cc1)C(=O)OC. The van der Waals surface area contributed by atoms with Gasteiger partial charge in [-0.05, 0) is 29.7 Å². The van der Waals surface area contributed by atoms with E-state index in [-0.39, 0.29) is 4.90 Å². The number of unbranched alkanes of at least 4 members (excludes halogenated alkanes) is 1. The predicted molar refractivity (Wildman–Crippen MR) is 111 cm³/mol. The summed E-state index contributed by atoms with van der Waals surface area (Å²) in [5, 5.41) is 2.52. The highest BCUT2D eigenvalue weighted by Gasteiger charge is 2.22. The number of esters is 1. The molecule has 2 aromatic rings. The molecule has 0 bridgehead atoms. The first-order chi connectivity index (χ1) is 13.9. The van der Waals surface area contributed by atoms with Crippen molar-refractivity contribution in [1.82, 2.24) is 10.0 Å². The van der Waals surface area contributed by atoms with Gasteiger partial charge in [0.05, 0.1) is 18.6 Å². The largest absolute Gasteiger partial charge is 0.467 e. The normalized spacial score (nSPS) is 12.2. The fourth-order valence-electron chi connectivity index (χ4n) is 2.75. The van der Waals surface area contributed by atoms with Crippen LogP contribution < -0.4 is 10.0 Å². The summed E-state index contributed by atoms with van der Waals surface area (Å²) in [5.74, 6) is -1.15. The van der Waals surface area contributed by atoms with E-state index >= 15 is 0 Å². The second-order valence-corrected chi connectivity index (χ2v) is 8.27. The zero-order valence-electron chi connectivity index (χ0n) is 16.6. The van der Waals surface area contributed by atoms with Gasteiger partial charge in [-0.2, -0.15) is 0 Å².